The fourth-order valence-corrected chi connectivity index (χ4v) is 2.85. The van der Waals surface area contributed by atoms with Crippen molar-refractivity contribution in [1.82, 2.24) is 14.5 Å². The number of halogens is 2. The Morgan fingerprint density at radius 2 is 2.27 bits per heavy atom. The van der Waals surface area contributed by atoms with Crippen LogP contribution in [-0.2, 0) is 4.74 Å². The first-order chi connectivity index (χ1) is 7.27. The molecule has 0 N–H and O–H groups in total. The first-order valence-corrected chi connectivity index (χ1v) is 5.97. The fraction of sp³-hybridized carbons (Fsp3) is 0.333. The Balaban J connectivity index is 2.27. The van der Waals surface area contributed by atoms with Crippen LogP contribution in [0.5, 0.6) is 0 Å². The van der Waals surface area contributed by atoms with Crippen molar-refractivity contribution >= 4 is 45.2 Å². The van der Waals surface area contributed by atoms with E-state index in [1.165, 1.54) is 6.33 Å². The molecule has 0 unspecified atom stereocenters. The van der Waals surface area contributed by atoms with E-state index in [1.54, 1.807) is 0 Å². The smallest absolute Gasteiger partial charge is 0.146 e. The lowest BCUT2D eigenvalue weighted by Crippen LogP contribution is -2.30. The minimum absolute atomic E-state index is 0.391. The van der Waals surface area contributed by atoms with Gasteiger partial charge in [0.2, 0.25) is 0 Å². The van der Waals surface area contributed by atoms with Gasteiger partial charge in [0.25, 0.3) is 0 Å². The molecular formula is C9H7ClIN3O. The summed E-state index contributed by atoms with van der Waals surface area (Å²) in [4.78, 5) is 8.26. The third-order valence-corrected chi connectivity index (χ3v) is 3.64. The van der Waals surface area contributed by atoms with E-state index in [0.717, 1.165) is 27.8 Å². The highest BCUT2D eigenvalue weighted by molar-refractivity contribution is 14.1. The molecule has 0 atom stereocenters. The summed E-state index contributed by atoms with van der Waals surface area (Å²) >= 11 is 8.29. The van der Waals surface area contributed by atoms with Gasteiger partial charge in [-0.3, -0.25) is 0 Å². The lowest BCUT2D eigenvalue weighted by molar-refractivity contribution is -0.0216. The van der Waals surface area contributed by atoms with Gasteiger partial charge in [0, 0.05) is 9.77 Å². The Labute approximate surface area is 105 Å². The van der Waals surface area contributed by atoms with Gasteiger partial charge in [0.05, 0.1) is 24.6 Å². The summed E-state index contributed by atoms with van der Waals surface area (Å²) in [5, 5.41) is 1.45. The molecule has 1 fully saturated rings. The normalized spacial score (nSPS) is 16.9. The molecule has 15 heavy (non-hydrogen) atoms. The van der Waals surface area contributed by atoms with Crippen molar-refractivity contribution in [3.05, 3.63) is 21.2 Å². The van der Waals surface area contributed by atoms with Crippen LogP contribution in [0.2, 0.25) is 5.15 Å². The van der Waals surface area contributed by atoms with Gasteiger partial charge < -0.3 is 9.30 Å². The molecule has 78 valence electrons. The van der Waals surface area contributed by atoms with Crippen molar-refractivity contribution in [1.29, 1.82) is 0 Å². The Morgan fingerprint density at radius 3 is 2.93 bits per heavy atom. The molecule has 0 radical (unpaired) electrons. The molecule has 2 aromatic rings. The molecule has 0 aromatic carbocycles. The maximum atomic E-state index is 6.04. The number of rotatable bonds is 1. The summed E-state index contributed by atoms with van der Waals surface area (Å²) in [7, 11) is 0. The molecule has 4 nitrogen and oxygen atoms in total. The fourth-order valence-electron chi connectivity index (χ4n) is 1.67. The summed E-state index contributed by atoms with van der Waals surface area (Å²) in [6, 6.07) is 0.391. The molecule has 1 aliphatic rings. The van der Waals surface area contributed by atoms with E-state index in [-0.39, 0.29) is 0 Å². The van der Waals surface area contributed by atoms with Crippen LogP contribution in [0.3, 0.4) is 0 Å². The zero-order valence-corrected chi connectivity index (χ0v) is 10.6. The summed E-state index contributed by atoms with van der Waals surface area (Å²) in [5.74, 6) is 0. The number of hydrogen-bond donors (Lipinski definition) is 0. The topological polar surface area (TPSA) is 39.9 Å². The molecule has 0 aliphatic carbocycles. The summed E-state index contributed by atoms with van der Waals surface area (Å²) in [6.07, 6.45) is 3.55. The maximum absolute atomic E-state index is 6.04. The van der Waals surface area contributed by atoms with E-state index in [2.05, 4.69) is 43.3 Å². The molecule has 1 saturated heterocycles. The summed E-state index contributed by atoms with van der Waals surface area (Å²) < 4.78 is 8.38. The molecule has 1 aliphatic heterocycles. The average molecular weight is 336 g/mol. The number of hydrogen-bond acceptors (Lipinski definition) is 3. The number of nitrogens with zero attached hydrogens (tertiary/aromatic N) is 3. The molecule has 2 aromatic heterocycles. The zero-order chi connectivity index (χ0) is 10.4. The van der Waals surface area contributed by atoms with Crippen LogP contribution < -0.4 is 0 Å². The van der Waals surface area contributed by atoms with Crippen molar-refractivity contribution in [3.63, 3.8) is 0 Å². The largest absolute Gasteiger partial charge is 0.377 e. The third kappa shape index (κ3) is 1.44. The predicted molar refractivity (Wildman–Crippen MR) is 65.1 cm³/mol. The molecular weight excluding hydrogens is 328 g/mol. The second kappa shape index (κ2) is 3.57. The molecule has 3 rings (SSSR count). The van der Waals surface area contributed by atoms with Crippen molar-refractivity contribution < 1.29 is 4.74 Å². The average Bonchev–Trinajstić information content (AvgIpc) is 2.43. The molecule has 6 heteroatoms. The minimum Gasteiger partial charge on any atom is -0.377 e. The Morgan fingerprint density at radius 1 is 1.47 bits per heavy atom. The van der Waals surface area contributed by atoms with Crippen molar-refractivity contribution in [2.45, 2.75) is 6.04 Å². The van der Waals surface area contributed by atoms with Crippen LogP contribution >= 0.6 is 34.2 Å². The first-order valence-electron chi connectivity index (χ1n) is 4.51. The highest BCUT2D eigenvalue weighted by atomic mass is 127. The van der Waals surface area contributed by atoms with Crippen LogP contribution in [-0.4, -0.2) is 27.7 Å². The molecule has 0 spiro atoms. The zero-order valence-electron chi connectivity index (χ0n) is 7.65. The van der Waals surface area contributed by atoms with E-state index in [1.807, 2.05) is 0 Å². The SMILES string of the molecule is Clc1ncnc2c1c(I)cn2C1COC1. The monoisotopic (exact) mass is 335 g/mol. The van der Waals surface area contributed by atoms with Crippen LogP contribution in [0.25, 0.3) is 11.0 Å². The number of fused-ring (bicyclic) bond motifs is 1. The predicted octanol–water partition coefficient (Wildman–Crippen LogP) is 2.26. The number of aromatic nitrogens is 3. The van der Waals surface area contributed by atoms with Crippen LogP contribution in [0, 0.1) is 3.57 Å². The van der Waals surface area contributed by atoms with Gasteiger partial charge in [-0.15, -0.1) is 0 Å². The lowest BCUT2D eigenvalue weighted by atomic mass is 10.2. The third-order valence-electron chi connectivity index (χ3n) is 2.53. The van der Waals surface area contributed by atoms with Crippen LogP contribution in [0.1, 0.15) is 6.04 Å². The highest BCUT2D eigenvalue weighted by Crippen LogP contribution is 2.30. The summed E-state index contributed by atoms with van der Waals surface area (Å²) in [6.45, 7) is 1.50. The summed E-state index contributed by atoms with van der Waals surface area (Å²) in [5.41, 5.74) is 0.896. The number of ether oxygens (including phenoxy) is 1. The highest BCUT2D eigenvalue weighted by Gasteiger charge is 2.24. The molecule has 0 bridgehead atoms. The molecule has 0 saturated carbocycles. The standard InChI is InChI=1S/C9H7ClIN3O/c10-8-7-6(11)1-14(5-2-15-3-5)9(7)13-4-12-8/h1,4-5H,2-3H2. The van der Waals surface area contributed by atoms with Gasteiger partial charge >= 0.3 is 0 Å². The Kier molecular flexibility index (Phi) is 2.33. The van der Waals surface area contributed by atoms with Crippen LogP contribution in [0.4, 0.5) is 0 Å². The van der Waals surface area contributed by atoms with E-state index in [0.29, 0.717) is 11.2 Å². The second-order valence-corrected chi connectivity index (χ2v) is 4.96. The quantitative estimate of drug-likeness (QED) is 0.593. The van der Waals surface area contributed by atoms with Crippen molar-refractivity contribution in [2.75, 3.05) is 13.2 Å². The maximum Gasteiger partial charge on any atom is 0.146 e. The van der Waals surface area contributed by atoms with Gasteiger partial charge in [-0.05, 0) is 22.6 Å². The van der Waals surface area contributed by atoms with Gasteiger partial charge in [0.1, 0.15) is 17.1 Å². The van der Waals surface area contributed by atoms with E-state index < -0.39 is 0 Å². The Hall–Kier alpha value is -0.400. The van der Waals surface area contributed by atoms with Crippen LogP contribution in [0.15, 0.2) is 12.5 Å². The van der Waals surface area contributed by atoms with E-state index >= 15 is 0 Å². The molecule has 0 amide bonds. The Bertz CT molecular complexity index is 523. The lowest BCUT2D eigenvalue weighted by Gasteiger charge is -2.27. The van der Waals surface area contributed by atoms with Gasteiger partial charge in [-0.1, -0.05) is 11.6 Å². The van der Waals surface area contributed by atoms with Gasteiger partial charge in [-0.25, -0.2) is 9.97 Å². The molecule has 3 heterocycles. The van der Waals surface area contributed by atoms with E-state index in [9.17, 15) is 0 Å². The van der Waals surface area contributed by atoms with Gasteiger partial charge in [-0.2, -0.15) is 0 Å². The van der Waals surface area contributed by atoms with E-state index in [4.69, 9.17) is 16.3 Å². The first kappa shape index (κ1) is 9.80. The van der Waals surface area contributed by atoms with Gasteiger partial charge in [0.15, 0.2) is 0 Å². The second-order valence-electron chi connectivity index (χ2n) is 3.44. The van der Waals surface area contributed by atoms with Crippen molar-refractivity contribution in [3.8, 4) is 0 Å². The van der Waals surface area contributed by atoms with Crippen molar-refractivity contribution in [2.24, 2.45) is 0 Å². The minimum atomic E-state index is 0.391.